The van der Waals surface area contributed by atoms with E-state index in [2.05, 4.69) is 41.6 Å². The van der Waals surface area contributed by atoms with Gasteiger partial charge in [0.2, 0.25) is 5.78 Å². The fraction of sp³-hybridized carbons (Fsp3) is 0.233. The van der Waals surface area contributed by atoms with Gasteiger partial charge in [-0.05, 0) is 55.8 Å². The van der Waals surface area contributed by atoms with Crippen molar-refractivity contribution in [3.8, 4) is 17.2 Å². The fourth-order valence-corrected chi connectivity index (χ4v) is 5.12. The van der Waals surface area contributed by atoms with Crippen molar-refractivity contribution < 1.29 is 19.0 Å². The molecule has 1 unspecified atom stereocenters. The maximum atomic E-state index is 13.4. The standard InChI is InChI=1S/C30H28N2O4/c1-4-31-16-21(24-15-22(34-3)10-12-26(24)31)14-28-29(33)23-11-13-27-25(30(23)36-28)17-32(18-35-27)19(2)20-8-6-5-7-9-20/h5-16,19H,4,17-18H2,1-3H3/b28-14-. The monoisotopic (exact) mass is 480 g/mol. The highest BCUT2D eigenvalue weighted by Crippen LogP contribution is 2.43. The van der Waals surface area contributed by atoms with Gasteiger partial charge in [-0.3, -0.25) is 9.69 Å². The summed E-state index contributed by atoms with van der Waals surface area (Å²) in [4.78, 5) is 15.6. The number of allylic oxidation sites excluding steroid dienone is 1. The lowest BCUT2D eigenvalue weighted by atomic mass is 10.0. The number of rotatable bonds is 5. The van der Waals surface area contributed by atoms with Crippen LogP contribution in [0.1, 0.15) is 46.9 Å². The molecule has 0 saturated carbocycles. The molecule has 4 aromatic rings. The highest BCUT2D eigenvalue weighted by Gasteiger charge is 2.34. The molecule has 0 bridgehead atoms. The molecule has 6 rings (SSSR count). The van der Waals surface area contributed by atoms with E-state index in [0.717, 1.165) is 40.1 Å². The molecule has 0 amide bonds. The first kappa shape index (κ1) is 22.4. The Morgan fingerprint density at radius 1 is 1.11 bits per heavy atom. The summed E-state index contributed by atoms with van der Waals surface area (Å²) in [7, 11) is 1.66. The van der Waals surface area contributed by atoms with Crippen LogP contribution in [0.25, 0.3) is 17.0 Å². The molecule has 182 valence electrons. The van der Waals surface area contributed by atoms with E-state index in [1.165, 1.54) is 5.56 Å². The van der Waals surface area contributed by atoms with Gasteiger partial charge in [0.25, 0.3) is 0 Å². The molecule has 1 aromatic heterocycles. The first-order valence-electron chi connectivity index (χ1n) is 12.3. The van der Waals surface area contributed by atoms with Crippen LogP contribution in [0.3, 0.4) is 0 Å². The zero-order valence-corrected chi connectivity index (χ0v) is 20.7. The number of ether oxygens (including phenoxy) is 3. The topological polar surface area (TPSA) is 52.9 Å². The molecule has 6 heteroatoms. The number of hydrogen-bond donors (Lipinski definition) is 0. The Morgan fingerprint density at radius 3 is 2.72 bits per heavy atom. The number of aryl methyl sites for hydroxylation is 1. The molecule has 36 heavy (non-hydrogen) atoms. The third-order valence-electron chi connectivity index (χ3n) is 7.22. The number of ketones is 1. The quantitative estimate of drug-likeness (QED) is 0.319. The van der Waals surface area contributed by atoms with E-state index in [-0.39, 0.29) is 11.8 Å². The molecule has 3 aromatic carbocycles. The minimum absolute atomic E-state index is 0.110. The summed E-state index contributed by atoms with van der Waals surface area (Å²) in [6.45, 7) is 6.21. The van der Waals surface area contributed by atoms with Crippen LogP contribution in [0, 0.1) is 0 Å². The third kappa shape index (κ3) is 3.65. The number of methoxy groups -OCH3 is 1. The van der Waals surface area contributed by atoms with Crippen LogP contribution in [0.4, 0.5) is 0 Å². The number of carbonyl (C=O) groups is 1. The van der Waals surface area contributed by atoms with Crippen LogP contribution in [0.5, 0.6) is 17.2 Å². The average molecular weight is 481 g/mol. The van der Waals surface area contributed by atoms with Crippen molar-refractivity contribution >= 4 is 22.8 Å². The highest BCUT2D eigenvalue weighted by molar-refractivity contribution is 6.15. The molecular formula is C30H28N2O4. The van der Waals surface area contributed by atoms with E-state index in [1.54, 1.807) is 7.11 Å². The van der Waals surface area contributed by atoms with E-state index in [9.17, 15) is 4.79 Å². The Bertz CT molecular complexity index is 1500. The molecule has 1 atom stereocenters. The summed E-state index contributed by atoms with van der Waals surface area (Å²) in [6, 6.07) is 20.2. The lowest BCUT2D eigenvalue weighted by molar-refractivity contribution is 0.0606. The van der Waals surface area contributed by atoms with Gasteiger partial charge in [-0.2, -0.15) is 0 Å². The summed E-state index contributed by atoms with van der Waals surface area (Å²) in [6.07, 6.45) is 3.90. The molecule has 0 aliphatic carbocycles. The van der Waals surface area contributed by atoms with Crippen molar-refractivity contribution in [2.45, 2.75) is 33.0 Å². The van der Waals surface area contributed by atoms with E-state index in [4.69, 9.17) is 14.2 Å². The van der Waals surface area contributed by atoms with Gasteiger partial charge in [0.15, 0.2) is 5.76 Å². The highest BCUT2D eigenvalue weighted by atomic mass is 16.5. The van der Waals surface area contributed by atoms with Crippen molar-refractivity contribution in [2.75, 3.05) is 13.8 Å². The minimum Gasteiger partial charge on any atom is -0.497 e. The van der Waals surface area contributed by atoms with Crippen LogP contribution < -0.4 is 14.2 Å². The number of benzene rings is 3. The van der Waals surface area contributed by atoms with E-state index in [1.807, 2.05) is 54.6 Å². The summed E-state index contributed by atoms with van der Waals surface area (Å²) < 4.78 is 20.0. The van der Waals surface area contributed by atoms with Gasteiger partial charge >= 0.3 is 0 Å². The third-order valence-corrected chi connectivity index (χ3v) is 7.22. The Labute approximate surface area is 210 Å². The van der Waals surface area contributed by atoms with Crippen LogP contribution >= 0.6 is 0 Å². The largest absolute Gasteiger partial charge is 0.497 e. The van der Waals surface area contributed by atoms with Gasteiger partial charge in [0, 0.05) is 41.8 Å². The molecule has 0 radical (unpaired) electrons. The SMILES string of the molecule is CCn1cc(/C=C2\Oc3c(ccc4c3CN(C(C)c3ccccc3)CO4)C2=O)c2cc(OC)ccc21. The Kier molecular flexibility index (Phi) is 5.53. The van der Waals surface area contributed by atoms with Crippen LogP contribution in [0.2, 0.25) is 0 Å². The first-order valence-corrected chi connectivity index (χ1v) is 12.3. The predicted molar refractivity (Wildman–Crippen MR) is 139 cm³/mol. The molecule has 6 nitrogen and oxygen atoms in total. The van der Waals surface area contributed by atoms with E-state index >= 15 is 0 Å². The van der Waals surface area contributed by atoms with Gasteiger partial charge in [0.05, 0.1) is 18.2 Å². The van der Waals surface area contributed by atoms with Crippen molar-refractivity contribution in [2.24, 2.45) is 0 Å². The zero-order valence-electron chi connectivity index (χ0n) is 20.7. The Morgan fingerprint density at radius 2 is 1.94 bits per heavy atom. The number of aromatic nitrogens is 1. The number of carbonyl (C=O) groups excluding carboxylic acids is 1. The average Bonchev–Trinajstić information content (AvgIpc) is 3.45. The van der Waals surface area contributed by atoms with Gasteiger partial charge in [-0.1, -0.05) is 30.3 Å². The number of fused-ring (bicyclic) bond motifs is 4. The lowest BCUT2D eigenvalue weighted by Gasteiger charge is -2.34. The van der Waals surface area contributed by atoms with Crippen LogP contribution in [-0.2, 0) is 13.1 Å². The second-order valence-electron chi connectivity index (χ2n) is 9.22. The Hall–Kier alpha value is -4.03. The molecular weight excluding hydrogens is 452 g/mol. The number of hydrogen-bond acceptors (Lipinski definition) is 5. The number of Topliss-reactive ketones (excluding diaryl/α,β-unsaturated/α-hetero) is 1. The summed E-state index contributed by atoms with van der Waals surface area (Å²) in [5, 5.41) is 1.02. The lowest BCUT2D eigenvalue weighted by Crippen LogP contribution is -2.34. The van der Waals surface area contributed by atoms with Crippen molar-refractivity contribution in [1.82, 2.24) is 9.47 Å². The van der Waals surface area contributed by atoms with Gasteiger partial charge in [-0.15, -0.1) is 0 Å². The molecule has 0 N–H and O–H groups in total. The Balaban J connectivity index is 1.35. The van der Waals surface area contributed by atoms with E-state index in [0.29, 0.717) is 30.3 Å². The molecule has 2 aliphatic rings. The molecule has 0 spiro atoms. The van der Waals surface area contributed by atoms with Gasteiger partial charge in [-0.25, -0.2) is 0 Å². The smallest absolute Gasteiger partial charge is 0.231 e. The maximum absolute atomic E-state index is 13.4. The molecule has 2 aliphatic heterocycles. The number of nitrogens with zero attached hydrogens (tertiary/aromatic N) is 2. The maximum Gasteiger partial charge on any atom is 0.231 e. The predicted octanol–water partition coefficient (Wildman–Crippen LogP) is 6.20. The van der Waals surface area contributed by atoms with E-state index < -0.39 is 0 Å². The first-order chi connectivity index (χ1) is 17.6. The normalized spacial score (nSPS) is 17.0. The van der Waals surface area contributed by atoms with Gasteiger partial charge < -0.3 is 18.8 Å². The summed E-state index contributed by atoms with van der Waals surface area (Å²) in [5.41, 5.74) is 4.72. The summed E-state index contributed by atoms with van der Waals surface area (Å²) in [5.74, 6) is 2.36. The zero-order chi connectivity index (χ0) is 24.8. The van der Waals surface area contributed by atoms with Gasteiger partial charge in [0.1, 0.15) is 24.0 Å². The van der Waals surface area contributed by atoms with Crippen molar-refractivity contribution in [1.29, 1.82) is 0 Å². The minimum atomic E-state index is -0.110. The summed E-state index contributed by atoms with van der Waals surface area (Å²) >= 11 is 0. The molecule has 0 saturated heterocycles. The van der Waals surface area contributed by atoms with Crippen LogP contribution in [-0.4, -0.2) is 29.1 Å². The van der Waals surface area contributed by atoms with Crippen molar-refractivity contribution in [3.05, 3.63) is 94.9 Å². The van der Waals surface area contributed by atoms with Crippen molar-refractivity contribution in [3.63, 3.8) is 0 Å². The fourth-order valence-electron chi connectivity index (χ4n) is 5.12. The second kappa shape index (κ2) is 8.88. The molecule has 3 heterocycles. The molecule has 0 fully saturated rings. The van der Waals surface area contributed by atoms with Crippen LogP contribution in [0.15, 0.2) is 72.6 Å². The second-order valence-corrected chi connectivity index (χ2v) is 9.22.